The summed E-state index contributed by atoms with van der Waals surface area (Å²) in [4.78, 5) is 20.8. The standard InChI is InChI=1S/C11H14N2O2S/c14-11(9-2-1-5-12-8-9)13-15-10-3-6-16-7-4-10/h1-2,5,8,10H,3-4,6-7H2,(H,13,14). The first-order valence-corrected chi connectivity index (χ1v) is 6.45. The molecule has 1 N–H and O–H groups in total. The van der Waals surface area contributed by atoms with Gasteiger partial charge in [0.1, 0.15) is 0 Å². The van der Waals surface area contributed by atoms with Gasteiger partial charge in [0.2, 0.25) is 0 Å². The van der Waals surface area contributed by atoms with Crippen LogP contribution in [0.25, 0.3) is 0 Å². The van der Waals surface area contributed by atoms with Gasteiger partial charge in [0.15, 0.2) is 0 Å². The molecule has 5 heteroatoms. The van der Waals surface area contributed by atoms with Crippen molar-refractivity contribution in [2.45, 2.75) is 18.9 Å². The van der Waals surface area contributed by atoms with E-state index in [4.69, 9.17) is 4.84 Å². The summed E-state index contributed by atoms with van der Waals surface area (Å²) in [5.74, 6) is 1.98. The molecule has 0 spiro atoms. The molecule has 1 aromatic heterocycles. The van der Waals surface area contributed by atoms with Gasteiger partial charge >= 0.3 is 0 Å². The van der Waals surface area contributed by atoms with Crippen LogP contribution in [0, 0.1) is 0 Å². The molecule has 0 radical (unpaired) electrons. The number of amides is 1. The molecule has 0 saturated carbocycles. The van der Waals surface area contributed by atoms with Gasteiger partial charge in [0.25, 0.3) is 5.91 Å². The van der Waals surface area contributed by atoms with Gasteiger partial charge in [0.05, 0.1) is 11.7 Å². The lowest BCUT2D eigenvalue weighted by Gasteiger charge is -2.21. The van der Waals surface area contributed by atoms with E-state index in [1.807, 2.05) is 11.8 Å². The van der Waals surface area contributed by atoms with E-state index in [-0.39, 0.29) is 12.0 Å². The minimum atomic E-state index is -0.230. The largest absolute Gasteiger partial charge is 0.276 e. The van der Waals surface area contributed by atoms with E-state index in [9.17, 15) is 4.79 Å². The first-order chi connectivity index (χ1) is 7.86. The Morgan fingerprint density at radius 3 is 3.00 bits per heavy atom. The van der Waals surface area contributed by atoms with Gasteiger partial charge in [-0.1, -0.05) is 0 Å². The average Bonchev–Trinajstić information content (AvgIpc) is 2.38. The Balaban J connectivity index is 1.79. The predicted molar refractivity (Wildman–Crippen MR) is 63.1 cm³/mol. The quantitative estimate of drug-likeness (QED) is 0.813. The molecule has 2 rings (SSSR count). The van der Waals surface area contributed by atoms with Crippen LogP contribution in [0.1, 0.15) is 23.2 Å². The fraction of sp³-hybridized carbons (Fsp3) is 0.455. The van der Waals surface area contributed by atoms with Gasteiger partial charge in [-0.2, -0.15) is 11.8 Å². The average molecular weight is 238 g/mol. The van der Waals surface area contributed by atoms with E-state index >= 15 is 0 Å². The Hall–Kier alpha value is -1.07. The number of nitrogens with zero attached hydrogens (tertiary/aromatic N) is 1. The second-order valence-electron chi connectivity index (χ2n) is 3.60. The van der Waals surface area contributed by atoms with Crippen LogP contribution in [0.5, 0.6) is 0 Å². The topological polar surface area (TPSA) is 51.2 Å². The van der Waals surface area contributed by atoms with Crippen LogP contribution in [0.15, 0.2) is 24.5 Å². The second kappa shape index (κ2) is 5.86. The monoisotopic (exact) mass is 238 g/mol. The van der Waals surface area contributed by atoms with Gasteiger partial charge in [0, 0.05) is 12.4 Å². The first-order valence-electron chi connectivity index (χ1n) is 5.30. The predicted octanol–water partition coefficient (Wildman–Crippen LogP) is 1.64. The molecule has 1 aromatic rings. The van der Waals surface area contributed by atoms with Crippen LogP contribution < -0.4 is 5.48 Å². The summed E-state index contributed by atoms with van der Waals surface area (Å²) in [6.07, 6.45) is 5.31. The molecular formula is C11H14N2O2S. The van der Waals surface area contributed by atoms with Gasteiger partial charge in [-0.3, -0.25) is 14.6 Å². The zero-order valence-corrected chi connectivity index (χ0v) is 9.70. The Morgan fingerprint density at radius 1 is 1.50 bits per heavy atom. The molecule has 1 amide bonds. The molecule has 1 fully saturated rings. The zero-order valence-electron chi connectivity index (χ0n) is 8.89. The van der Waals surface area contributed by atoms with Crippen molar-refractivity contribution >= 4 is 17.7 Å². The van der Waals surface area contributed by atoms with Gasteiger partial charge in [-0.25, -0.2) is 5.48 Å². The Morgan fingerprint density at radius 2 is 2.31 bits per heavy atom. The summed E-state index contributed by atoms with van der Waals surface area (Å²) in [7, 11) is 0. The van der Waals surface area contributed by atoms with Crippen molar-refractivity contribution in [2.24, 2.45) is 0 Å². The number of pyridine rings is 1. The summed E-state index contributed by atoms with van der Waals surface area (Å²) < 4.78 is 0. The molecule has 1 aliphatic rings. The summed E-state index contributed by atoms with van der Waals surface area (Å²) in [5, 5.41) is 0. The number of carbonyl (C=O) groups is 1. The molecule has 2 heterocycles. The highest BCUT2D eigenvalue weighted by Crippen LogP contribution is 2.18. The van der Waals surface area contributed by atoms with Crippen LogP contribution in [0.2, 0.25) is 0 Å². The van der Waals surface area contributed by atoms with Crippen molar-refractivity contribution in [3.63, 3.8) is 0 Å². The Labute approximate surface area is 98.7 Å². The smallest absolute Gasteiger partial charge is 0.270 e. The highest BCUT2D eigenvalue weighted by atomic mass is 32.2. The van der Waals surface area contributed by atoms with Crippen LogP contribution in [0.3, 0.4) is 0 Å². The van der Waals surface area contributed by atoms with E-state index in [0.29, 0.717) is 5.56 Å². The maximum Gasteiger partial charge on any atom is 0.276 e. The molecule has 16 heavy (non-hydrogen) atoms. The number of hydrogen-bond acceptors (Lipinski definition) is 4. The molecule has 4 nitrogen and oxygen atoms in total. The Kier molecular flexibility index (Phi) is 4.18. The SMILES string of the molecule is O=C(NOC1CCSCC1)c1cccnc1. The van der Waals surface area contributed by atoms with Crippen LogP contribution >= 0.6 is 11.8 Å². The van der Waals surface area contributed by atoms with Gasteiger partial charge in [-0.05, 0) is 36.5 Å². The molecule has 1 aliphatic heterocycles. The number of nitrogens with one attached hydrogen (secondary N) is 1. The van der Waals surface area contributed by atoms with Crippen molar-refractivity contribution in [1.29, 1.82) is 0 Å². The van der Waals surface area contributed by atoms with Crippen LogP contribution in [0.4, 0.5) is 0 Å². The summed E-state index contributed by atoms with van der Waals surface area (Å²) in [5.41, 5.74) is 3.00. The molecule has 0 aliphatic carbocycles. The summed E-state index contributed by atoms with van der Waals surface area (Å²) >= 11 is 1.93. The van der Waals surface area contributed by atoms with E-state index in [0.717, 1.165) is 24.3 Å². The third-order valence-corrected chi connectivity index (χ3v) is 3.46. The molecule has 0 aromatic carbocycles. The lowest BCUT2D eigenvalue weighted by Crippen LogP contribution is -2.31. The minimum Gasteiger partial charge on any atom is -0.270 e. The zero-order chi connectivity index (χ0) is 11.2. The number of rotatable bonds is 3. The molecule has 1 saturated heterocycles. The van der Waals surface area contributed by atoms with Crippen molar-refractivity contribution in [1.82, 2.24) is 10.5 Å². The highest BCUT2D eigenvalue weighted by Gasteiger charge is 2.15. The number of thioether (sulfide) groups is 1. The number of carbonyl (C=O) groups excluding carboxylic acids is 1. The highest BCUT2D eigenvalue weighted by molar-refractivity contribution is 7.99. The van der Waals surface area contributed by atoms with Crippen molar-refractivity contribution in [3.8, 4) is 0 Å². The molecule has 86 valence electrons. The van der Waals surface area contributed by atoms with E-state index in [1.165, 1.54) is 6.20 Å². The van der Waals surface area contributed by atoms with E-state index in [1.54, 1.807) is 18.3 Å². The minimum absolute atomic E-state index is 0.155. The number of hydrogen-bond donors (Lipinski definition) is 1. The van der Waals surface area contributed by atoms with Gasteiger partial charge in [-0.15, -0.1) is 0 Å². The van der Waals surface area contributed by atoms with E-state index < -0.39 is 0 Å². The third kappa shape index (κ3) is 3.21. The summed E-state index contributed by atoms with van der Waals surface area (Å²) in [6, 6.07) is 3.44. The first kappa shape index (κ1) is 11.4. The fourth-order valence-corrected chi connectivity index (χ4v) is 2.55. The van der Waals surface area contributed by atoms with E-state index in [2.05, 4.69) is 10.5 Å². The lowest BCUT2D eigenvalue weighted by molar-refractivity contribution is -0.0190. The van der Waals surface area contributed by atoms with Gasteiger partial charge < -0.3 is 0 Å². The van der Waals surface area contributed by atoms with Crippen LogP contribution in [-0.2, 0) is 4.84 Å². The summed E-state index contributed by atoms with van der Waals surface area (Å²) in [6.45, 7) is 0. The van der Waals surface area contributed by atoms with Crippen molar-refractivity contribution in [3.05, 3.63) is 30.1 Å². The second-order valence-corrected chi connectivity index (χ2v) is 4.83. The number of aromatic nitrogens is 1. The maximum absolute atomic E-state index is 11.6. The number of hydroxylamine groups is 1. The fourth-order valence-electron chi connectivity index (χ4n) is 1.49. The van der Waals surface area contributed by atoms with Crippen LogP contribution in [-0.4, -0.2) is 28.5 Å². The maximum atomic E-state index is 11.6. The molecule has 0 bridgehead atoms. The van der Waals surface area contributed by atoms with Crippen molar-refractivity contribution in [2.75, 3.05) is 11.5 Å². The molecule has 0 unspecified atom stereocenters. The molecular weight excluding hydrogens is 224 g/mol. The third-order valence-electron chi connectivity index (χ3n) is 2.41. The normalized spacial score (nSPS) is 17.0. The Bertz CT molecular complexity index is 339. The molecule has 0 atom stereocenters. The van der Waals surface area contributed by atoms with Crippen molar-refractivity contribution < 1.29 is 9.63 Å². The lowest BCUT2D eigenvalue weighted by atomic mass is 10.2.